The van der Waals surface area contributed by atoms with E-state index in [1.807, 2.05) is 0 Å². The molecule has 0 aliphatic carbocycles. The number of carboxylic acids is 1. The molecule has 1 fully saturated rings. The lowest BCUT2D eigenvalue weighted by atomic mass is 10.2. The molecule has 1 amide bonds. The van der Waals surface area contributed by atoms with Crippen LogP contribution in [-0.2, 0) is 9.53 Å². The van der Waals surface area contributed by atoms with Gasteiger partial charge in [-0.15, -0.1) is 0 Å². The smallest absolute Gasteiger partial charge is 0.411 e. The summed E-state index contributed by atoms with van der Waals surface area (Å²) in [5, 5.41) is 9.34. The zero-order valence-corrected chi connectivity index (χ0v) is 14.2. The molecule has 0 aromatic heterocycles. The fourth-order valence-electron chi connectivity index (χ4n) is 2.52. The number of hydrogen-bond donors (Lipinski definition) is 1. The van der Waals surface area contributed by atoms with Gasteiger partial charge in [0.05, 0.1) is 6.54 Å². The number of nitrogens with zero attached hydrogens (tertiary/aromatic N) is 1. The van der Waals surface area contributed by atoms with E-state index >= 15 is 0 Å². The van der Waals surface area contributed by atoms with Crippen LogP contribution in [0, 0.1) is 12.7 Å². The molecule has 1 aliphatic rings. The predicted octanol–water partition coefficient (Wildman–Crippen LogP) is 2.98. The van der Waals surface area contributed by atoms with Crippen LogP contribution in [0.15, 0.2) is 18.2 Å². The molecule has 1 saturated heterocycles. The summed E-state index contributed by atoms with van der Waals surface area (Å²) in [6.45, 7) is 6.86. The Hall–Kier alpha value is -2.31. The standard InChI is InChI=1S/C17H22FNO5/c1-10-7-11(5-6-13(10)18)23-12-8-14(15(20)21)19(9-12)16(22)24-17(2,3)4/h5-7,12,14H,8-9H2,1-4H3,(H,20,21)/t12-,14-/m0/s1. The number of rotatable bonds is 3. The van der Waals surface area contributed by atoms with Gasteiger partial charge in [-0.05, 0) is 51.5 Å². The summed E-state index contributed by atoms with van der Waals surface area (Å²) in [7, 11) is 0. The summed E-state index contributed by atoms with van der Waals surface area (Å²) in [5.41, 5.74) is -0.281. The first-order chi connectivity index (χ1) is 11.1. The highest BCUT2D eigenvalue weighted by atomic mass is 19.1. The number of ether oxygens (including phenoxy) is 2. The number of aliphatic carboxylic acids is 1. The van der Waals surface area contributed by atoms with Crippen LogP contribution in [0.2, 0.25) is 0 Å². The average Bonchev–Trinajstić information content (AvgIpc) is 2.85. The van der Waals surface area contributed by atoms with Gasteiger partial charge in [-0.2, -0.15) is 0 Å². The third kappa shape index (κ3) is 4.37. The molecular formula is C17H22FNO5. The molecule has 1 N–H and O–H groups in total. The lowest BCUT2D eigenvalue weighted by molar-refractivity contribution is -0.142. The number of hydrogen-bond acceptors (Lipinski definition) is 4. The van der Waals surface area contributed by atoms with E-state index in [9.17, 15) is 19.1 Å². The first-order valence-electron chi connectivity index (χ1n) is 7.72. The number of amides is 1. The maximum Gasteiger partial charge on any atom is 0.411 e. The highest BCUT2D eigenvalue weighted by molar-refractivity contribution is 5.81. The summed E-state index contributed by atoms with van der Waals surface area (Å²) in [5.74, 6) is -1.01. The molecule has 1 aromatic rings. The van der Waals surface area contributed by atoms with E-state index in [1.54, 1.807) is 33.8 Å². The number of carboxylic acid groups (broad SMARTS) is 1. The predicted molar refractivity (Wildman–Crippen MR) is 84.5 cm³/mol. The molecule has 132 valence electrons. The van der Waals surface area contributed by atoms with E-state index in [0.717, 1.165) is 4.90 Å². The summed E-state index contributed by atoms with van der Waals surface area (Å²) < 4.78 is 24.3. The SMILES string of the molecule is Cc1cc(O[C@H]2C[C@@H](C(=O)O)N(C(=O)OC(C)(C)C)C2)ccc1F. The largest absolute Gasteiger partial charge is 0.488 e. The number of likely N-dealkylation sites (tertiary alicyclic amines) is 1. The molecule has 2 rings (SSSR count). The molecule has 24 heavy (non-hydrogen) atoms. The number of carbonyl (C=O) groups is 2. The fraction of sp³-hybridized carbons (Fsp3) is 0.529. The molecule has 0 radical (unpaired) electrons. The van der Waals surface area contributed by atoms with Gasteiger partial charge in [-0.1, -0.05) is 0 Å². The van der Waals surface area contributed by atoms with Crippen molar-refractivity contribution in [3.8, 4) is 5.75 Å². The van der Waals surface area contributed by atoms with E-state index in [4.69, 9.17) is 9.47 Å². The topological polar surface area (TPSA) is 76.1 Å². The summed E-state index contributed by atoms with van der Waals surface area (Å²) >= 11 is 0. The van der Waals surface area contributed by atoms with Gasteiger partial charge in [0.25, 0.3) is 0 Å². The van der Waals surface area contributed by atoms with Crippen LogP contribution >= 0.6 is 0 Å². The highest BCUT2D eigenvalue weighted by Gasteiger charge is 2.42. The third-order valence-corrected chi connectivity index (χ3v) is 3.61. The first-order valence-corrected chi connectivity index (χ1v) is 7.72. The molecule has 0 unspecified atom stereocenters. The molecule has 0 saturated carbocycles. The highest BCUT2D eigenvalue weighted by Crippen LogP contribution is 2.26. The minimum atomic E-state index is -1.11. The van der Waals surface area contributed by atoms with Gasteiger partial charge >= 0.3 is 12.1 Å². The van der Waals surface area contributed by atoms with Crippen molar-refractivity contribution >= 4 is 12.1 Å². The number of aryl methyl sites for hydroxylation is 1. The Bertz CT molecular complexity index is 640. The van der Waals surface area contributed by atoms with Gasteiger partial charge in [-0.3, -0.25) is 4.90 Å². The Morgan fingerprint density at radius 2 is 2.00 bits per heavy atom. The van der Waals surface area contributed by atoms with Gasteiger partial charge in [0.2, 0.25) is 0 Å². The van der Waals surface area contributed by atoms with Crippen molar-refractivity contribution in [3.63, 3.8) is 0 Å². The van der Waals surface area contributed by atoms with Crippen LogP contribution in [-0.4, -0.2) is 46.4 Å². The fourth-order valence-corrected chi connectivity index (χ4v) is 2.52. The lowest BCUT2D eigenvalue weighted by Gasteiger charge is -2.26. The van der Waals surface area contributed by atoms with Gasteiger partial charge < -0.3 is 14.6 Å². The van der Waals surface area contributed by atoms with Crippen molar-refractivity contribution in [2.45, 2.75) is 51.9 Å². The van der Waals surface area contributed by atoms with Gasteiger partial charge in [0.1, 0.15) is 29.3 Å². The Labute approximate surface area is 140 Å². The van der Waals surface area contributed by atoms with Crippen LogP contribution in [0.3, 0.4) is 0 Å². The first kappa shape index (κ1) is 18.0. The Balaban J connectivity index is 2.10. The Morgan fingerprint density at radius 3 is 2.54 bits per heavy atom. The van der Waals surface area contributed by atoms with Crippen molar-refractivity contribution in [2.75, 3.05) is 6.54 Å². The van der Waals surface area contributed by atoms with Crippen LogP contribution in [0.1, 0.15) is 32.8 Å². The molecule has 1 aliphatic heterocycles. The van der Waals surface area contributed by atoms with Crippen LogP contribution in [0.5, 0.6) is 5.75 Å². The molecule has 1 heterocycles. The van der Waals surface area contributed by atoms with E-state index in [-0.39, 0.29) is 18.8 Å². The number of halogens is 1. The van der Waals surface area contributed by atoms with Crippen LogP contribution < -0.4 is 4.74 Å². The molecule has 6 nitrogen and oxygen atoms in total. The second kappa shape index (κ2) is 6.67. The van der Waals surface area contributed by atoms with Crippen molar-refractivity contribution in [2.24, 2.45) is 0 Å². The van der Waals surface area contributed by atoms with E-state index in [1.165, 1.54) is 12.1 Å². The second-order valence-corrected chi connectivity index (χ2v) is 6.87. The minimum absolute atomic E-state index is 0.0995. The third-order valence-electron chi connectivity index (χ3n) is 3.61. The quantitative estimate of drug-likeness (QED) is 0.916. The van der Waals surface area contributed by atoms with Crippen molar-refractivity contribution < 1.29 is 28.6 Å². The average molecular weight is 339 g/mol. The van der Waals surface area contributed by atoms with Crippen LogP contribution in [0.25, 0.3) is 0 Å². The maximum absolute atomic E-state index is 13.3. The van der Waals surface area contributed by atoms with Gasteiger partial charge in [-0.25, -0.2) is 14.0 Å². The molecule has 0 bridgehead atoms. The van der Waals surface area contributed by atoms with Crippen molar-refractivity contribution in [1.82, 2.24) is 4.90 Å². The minimum Gasteiger partial charge on any atom is -0.488 e. The van der Waals surface area contributed by atoms with Crippen molar-refractivity contribution in [3.05, 3.63) is 29.6 Å². The molecule has 7 heteroatoms. The van der Waals surface area contributed by atoms with E-state index in [2.05, 4.69) is 0 Å². The summed E-state index contributed by atoms with van der Waals surface area (Å²) in [4.78, 5) is 24.8. The zero-order valence-electron chi connectivity index (χ0n) is 14.2. The van der Waals surface area contributed by atoms with Crippen LogP contribution in [0.4, 0.5) is 9.18 Å². The van der Waals surface area contributed by atoms with Crippen molar-refractivity contribution in [1.29, 1.82) is 0 Å². The van der Waals surface area contributed by atoms with E-state index in [0.29, 0.717) is 11.3 Å². The Kier molecular flexibility index (Phi) is 5.01. The summed E-state index contributed by atoms with van der Waals surface area (Å²) in [6.07, 6.45) is -1.04. The second-order valence-electron chi connectivity index (χ2n) is 6.87. The Morgan fingerprint density at radius 1 is 1.33 bits per heavy atom. The molecule has 0 spiro atoms. The molecule has 1 aromatic carbocycles. The maximum atomic E-state index is 13.3. The normalized spacial score (nSPS) is 20.8. The van der Waals surface area contributed by atoms with Gasteiger partial charge in [0, 0.05) is 6.42 Å². The number of benzene rings is 1. The monoisotopic (exact) mass is 339 g/mol. The van der Waals surface area contributed by atoms with Gasteiger partial charge in [0.15, 0.2) is 0 Å². The lowest BCUT2D eigenvalue weighted by Crippen LogP contribution is -2.43. The molecule has 2 atom stereocenters. The zero-order chi connectivity index (χ0) is 18.1. The number of carbonyl (C=O) groups excluding carboxylic acids is 1. The summed E-state index contributed by atoms with van der Waals surface area (Å²) in [6, 6.07) is 3.31. The molecular weight excluding hydrogens is 317 g/mol. The van der Waals surface area contributed by atoms with E-state index < -0.39 is 29.8 Å².